The first-order valence-corrected chi connectivity index (χ1v) is 12.9. The lowest BCUT2D eigenvalue weighted by atomic mass is 10.0. The monoisotopic (exact) mass is 537 g/mol. The van der Waals surface area contributed by atoms with Gasteiger partial charge in [-0.1, -0.05) is 26.8 Å². The molecule has 0 spiro atoms. The number of methoxy groups -OCH3 is 1. The molecule has 0 saturated heterocycles. The highest BCUT2D eigenvalue weighted by atomic mass is 19.3. The summed E-state index contributed by atoms with van der Waals surface area (Å²) in [6.45, 7) is 3.11. The molecule has 0 radical (unpaired) electrons. The normalized spacial score (nSPS) is 13.2. The topological polar surface area (TPSA) is 82.4 Å². The zero-order chi connectivity index (χ0) is 28.3. The minimum Gasteiger partial charge on any atom is -0.495 e. The van der Waals surface area contributed by atoms with Gasteiger partial charge in [0.2, 0.25) is 0 Å². The van der Waals surface area contributed by atoms with Crippen LogP contribution in [0.2, 0.25) is 0 Å². The predicted octanol–water partition coefficient (Wildman–Crippen LogP) is 6.43. The van der Waals surface area contributed by atoms with E-state index in [1.807, 2.05) is 44.1 Å². The molecule has 2 atom stereocenters. The van der Waals surface area contributed by atoms with Crippen LogP contribution in [0.5, 0.6) is 11.5 Å². The molecule has 2 unspecified atom stereocenters. The fourth-order valence-electron chi connectivity index (χ4n) is 4.75. The molecule has 0 aliphatic rings. The van der Waals surface area contributed by atoms with Gasteiger partial charge in [0.05, 0.1) is 24.5 Å². The summed E-state index contributed by atoms with van der Waals surface area (Å²) in [5.74, 6) is 1.30. The molecule has 10 heteroatoms. The van der Waals surface area contributed by atoms with Crippen molar-refractivity contribution in [1.29, 1.82) is 0 Å². The number of imidazole rings is 1. The van der Waals surface area contributed by atoms with Gasteiger partial charge >= 0.3 is 6.61 Å². The van der Waals surface area contributed by atoms with Crippen LogP contribution in [0.15, 0.2) is 42.6 Å². The molecule has 0 fully saturated rings. The maximum Gasteiger partial charge on any atom is 0.387 e. The van der Waals surface area contributed by atoms with Crippen LogP contribution < -0.4 is 9.47 Å². The molecule has 0 aliphatic carbocycles. The summed E-state index contributed by atoms with van der Waals surface area (Å²) in [6.07, 6.45) is 3.96. The van der Waals surface area contributed by atoms with E-state index >= 15 is 0 Å². The maximum atomic E-state index is 13.4. The molecule has 0 aliphatic heterocycles. The van der Waals surface area contributed by atoms with Crippen molar-refractivity contribution in [2.75, 3.05) is 21.2 Å². The average Bonchev–Trinajstić information content (AvgIpc) is 3.29. The van der Waals surface area contributed by atoms with Crippen LogP contribution >= 0.6 is 0 Å². The smallest absolute Gasteiger partial charge is 0.387 e. The van der Waals surface area contributed by atoms with E-state index in [1.165, 1.54) is 12.1 Å². The van der Waals surface area contributed by atoms with Gasteiger partial charge in [0.1, 0.15) is 22.8 Å². The van der Waals surface area contributed by atoms with Gasteiger partial charge in [0, 0.05) is 23.2 Å². The molecular weight excluding hydrogens is 504 g/mol. The number of carbonyl (C=O) groups is 1. The SMILES string of the molecule is CCC(C)c1ncc(-c2ccc3nc(C(CC)N(C)C)n(-c4c(C=O)cccc4OC(F)F)c3n2)cc1OC. The van der Waals surface area contributed by atoms with Crippen molar-refractivity contribution in [3.05, 3.63) is 59.7 Å². The Morgan fingerprint density at radius 1 is 1.08 bits per heavy atom. The number of hydrogen-bond donors (Lipinski definition) is 0. The number of pyridine rings is 2. The first-order valence-electron chi connectivity index (χ1n) is 12.9. The fraction of sp³-hybridized carbons (Fsp3) is 0.379. The van der Waals surface area contributed by atoms with Gasteiger partial charge in [-0.3, -0.25) is 19.2 Å². The third-order valence-corrected chi connectivity index (χ3v) is 6.91. The van der Waals surface area contributed by atoms with Gasteiger partial charge in [-0.25, -0.2) is 9.97 Å². The standard InChI is InChI=1S/C29H33F2N5O3/c1-7-17(3)25-24(38-6)14-19(15-32-25)20-12-13-21-27(33-20)36(28(34-21)22(8-2)35(4)5)26-18(16-37)10-9-11-23(26)39-29(30)31/h9-17,22,29H,7-8H2,1-6H3. The highest BCUT2D eigenvalue weighted by Crippen LogP contribution is 2.36. The van der Waals surface area contributed by atoms with E-state index in [0.717, 1.165) is 17.7 Å². The summed E-state index contributed by atoms with van der Waals surface area (Å²) in [5, 5.41) is 0. The highest BCUT2D eigenvalue weighted by molar-refractivity contribution is 5.87. The molecule has 39 heavy (non-hydrogen) atoms. The van der Waals surface area contributed by atoms with E-state index in [4.69, 9.17) is 19.4 Å². The quantitative estimate of drug-likeness (QED) is 0.204. The summed E-state index contributed by atoms with van der Waals surface area (Å²) >= 11 is 0. The van der Waals surface area contributed by atoms with Crippen molar-refractivity contribution in [3.63, 3.8) is 0 Å². The van der Waals surface area contributed by atoms with Gasteiger partial charge in [-0.2, -0.15) is 8.78 Å². The Labute approximate surface area is 226 Å². The van der Waals surface area contributed by atoms with Gasteiger partial charge in [0.25, 0.3) is 0 Å². The molecule has 4 rings (SSSR count). The molecule has 206 valence electrons. The first-order chi connectivity index (χ1) is 18.7. The number of ether oxygens (including phenoxy) is 2. The average molecular weight is 538 g/mol. The zero-order valence-electron chi connectivity index (χ0n) is 23.0. The summed E-state index contributed by atoms with van der Waals surface area (Å²) in [5.41, 5.74) is 3.48. The van der Waals surface area contributed by atoms with Crippen molar-refractivity contribution >= 4 is 17.5 Å². The third kappa shape index (κ3) is 5.47. The van der Waals surface area contributed by atoms with E-state index in [-0.39, 0.29) is 29.0 Å². The summed E-state index contributed by atoms with van der Waals surface area (Å²) < 4.78 is 39.0. The fourth-order valence-corrected chi connectivity index (χ4v) is 4.75. The van der Waals surface area contributed by atoms with Crippen molar-refractivity contribution in [2.45, 2.75) is 52.2 Å². The van der Waals surface area contributed by atoms with E-state index < -0.39 is 6.61 Å². The number of rotatable bonds is 11. The second kappa shape index (κ2) is 11.9. The Kier molecular flexibility index (Phi) is 8.54. The summed E-state index contributed by atoms with van der Waals surface area (Å²) in [4.78, 5) is 28.5. The van der Waals surface area contributed by atoms with E-state index in [1.54, 1.807) is 23.9 Å². The molecule has 0 N–H and O–H groups in total. The number of fused-ring (bicyclic) bond motifs is 1. The van der Waals surface area contributed by atoms with Gasteiger partial charge in [-0.15, -0.1) is 0 Å². The Bertz CT molecular complexity index is 1470. The Morgan fingerprint density at radius 3 is 2.46 bits per heavy atom. The molecule has 1 aromatic carbocycles. The van der Waals surface area contributed by atoms with Crippen LogP contribution in [-0.2, 0) is 0 Å². The molecule has 0 bridgehead atoms. The molecular formula is C29H33F2N5O3. The van der Waals surface area contributed by atoms with Crippen molar-refractivity contribution in [2.24, 2.45) is 0 Å². The van der Waals surface area contributed by atoms with Crippen LogP contribution in [0, 0.1) is 0 Å². The Hall–Kier alpha value is -3.92. The minimum atomic E-state index is -3.08. The van der Waals surface area contributed by atoms with Crippen LogP contribution in [-0.4, -0.2) is 58.5 Å². The molecule has 4 aromatic rings. The van der Waals surface area contributed by atoms with Crippen LogP contribution in [0.25, 0.3) is 28.1 Å². The van der Waals surface area contributed by atoms with Crippen LogP contribution in [0.1, 0.15) is 67.4 Å². The Morgan fingerprint density at radius 2 is 1.85 bits per heavy atom. The zero-order valence-corrected chi connectivity index (χ0v) is 23.0. The number of para-hydroxylation sites is 1. The number of nitrogens with zero attached hydrogens (tertiary/aromatic N) is 5. The summed E-state index contributed by atoms with van der Waals surface area (Å²) in [6, 6.07) is 9.82. The lowest BCUT2D eigenvalue weighted by molar-refractivity contribution is -0.0498. The first kappa shape index (κ1) is 28.1. The highest BCUT2D eigenvalue weighted by Gasteiger charge is 2.27. The van der Waals surface area contributed by atoms with Gasteiger partial charge in [0.15, 0.2) is 17.7 Å². The predicted molar refractivity (Wildman–Crippen MR) is 146 cm³/mol. The van der Waals surface area contributed by atoms with Crippen molar-refractivity contribution < 1.29 is 23.0 Å². The second-order valence-electron chi connectivity index (χ2n) is 9.54. The van der Waals surface area contributed by atoms with E-state index in [0.29, 0.717) is 41.1 Å². The molecule has 3 aromatic heterocycles. The number of aromatic nitrogens is 4. The number of alkyl halides is 2. The van der Waals surface area contributed by atoms with Crippen molar-refractivity contribution in [1.82, 2.24) is 24.4 Å². The summed E-state index contributed by atoms with van der Waals surface area (Å²) in [7, 11) is 5.43. The number of hydrogen-bond acceptors (Lipinski definition) is 7. The minimum absolute atomic E-state index is 0.141. The number of benzene rings is 1. The van der Waals surface area contributed by atoms with Crippen molar-refractivity contribution in [3.8, 4) is 28.4 Å². The Balaban J connectivity index is 2.02. The molecule has 3 heterocycles. The number of halogens is 2. The largest absolute Gasteiger partial charge is 0.495 e. The molecule has 0 saturated carbocycles. The van der Waals surface area contributed by atoms with E-state index in [2.05, 4.69) is 18.8 Å². The van der Waals surface area contributed by atoms with Crippen LogP contribution in [0.3, 0.4) is 0 Å². The lowest BCUT2D eigenvalue weighted by Gasteiger charge is -2.24. The second-order valence-corrected chi connectivity index (χ2v) is 9.54. The molecule has 8 nitrogen and oxygen atoms in total. The van der Waals surface area contributed by atoms with Gasteiger partial charge < -0.3 is 9.47 Å². The lowest BCUT2D eigenvalue weighted by Crippen LogP contribution is -2.23. The van der Waals surface area contributed by atoms with E-state index in [9.17, 15) is 13.6 Å². The maximum absolute atomic E-state index is 13.4. The third-order valence-electron chi connectivity index (χ3n) is 6.91. The number of carbonyl (C=O) groups excluding carboxylic acids is 1. The van der Waals surface area contributed by atoms with Gasteiger partial charge in [-0.05, 0) is 57.3 Å². The van der Waals surface area contributed by atoms with Crippen LogP contribution in [0.4, 0.5) is 8.78 Å². The molecule has 0 amide bonds. The number of aldehydes is 1.